The zero-order chi connectivity index (χ0) is 14.4. The van der Waals surface area contributed by atoms with Crippen molar-refractivity contribution in [3.05, 3.63) is 0 Å². The third-order valence-electron chi connectivity index (χ3n) is 3.94. The Morgan fingerprint density at radius 2 is 2.20 bits per heavy atom. The molecule has 0 amide bonds. The molecule has 1 heterocycles. The lowest BCUT2D eigenvalue weighted by Crippen LogP contribution is -2.49. The van der Waals surface area contributed by atoms with E-state index in [-0.39, 0.29) is 11.8 Å². The Labute approximate surface area is 125 Å². The molecule has 2 aliphatic rings. The van der Waals surface area contributed by atoms with Gasteiger partial charge in [-0.15, -0.1) is 0 Å². The molecular weight excluding hydrogens is 278 g/mol. The Morgan fingerprint density at radius 1 is 1.45 bits per heavy atom. The van der Waals surface area contributed by atoms with Crippen LogP contribution in [0.3, 0.4) is 0 Å². The quantitative estimate of drug-likeness (QED) is 0.752. The van der Waals surface area contributed by atoms with E-state index in [9.17, 15) is 4.79 Å². The summed E-state index contributed by atoms with van der Waals surface area (Å²) >= 11 is 1.83. The van der Waals surface area contributed by atoms with Crippen molar-refractivity contribution >= 4 is 17.7 Å². The molecule has 1 spiro atoms. The molecule has 20 heavy (non-hydrogen) atoms. The van der Waals surface area contributed by atoms with Crippen molar-refractivity contribution in [2.24, 2.45) is 0 Å². The summed E-state index contributed by atoms with van der Waals surface area (Å²) in [7, 11) is 1.43. The molecule has 116 valence electrons. The molecule has 0 aromatic heterocycles. The van der Waals surface area contributed by atoms with Crippen LogP contribution < -0.4 is 5.32 Å². The van der Waals surface area contributed by atoms with Gasteiger partial charge in [0.2, 0.25) is 0 Å². The summed E-state index contributed by atoms with van der Waals surface area (Å²) in [6, 6.07) is 0.473. The highest BCUT2D eigenvalue weighted by Gasteiger charge is 2.44. The van der Waals surface area contributed by atoms with Gasteiger partial charge in [0.25, 0.3) is 0 Å². The number of hydrogen-bond acceptors (Lipinski definition) is 6. The molecule has 1 saturated carbocycles. The van der Waals surface area contributed by atoms with Gasteiger partial charge in [0.1, 0.15) is 0 Å². The predicted octanol–water partition coefficient (Wildman–Crippen LogP) is 1.56. The van der Waals surface area contributed by atoms with E-state index in [4.69, 9.17) is 9.47 Å². The van der Waals surface area contributed by atoms with Crippen LogP contribution in [0.2, 0.25) is 0 Å². The summed E-state index contributed by atoms with van der Waals surface area (Å²) in [6.45, 7) is 4.49. The van der Waals surface area contributed by atoms with E-state index in [1.165, 1.54) is 7.11 Å². The number of rotatable bonds is 6. The second-order valence-corrected chi connectivity index (χ2v) is 6.60. The molecule has 6 heteroatoms. The van der Waals surface area contributed by atoms with E-state index in [1.54, 1.807) is 0 Å². The summed E-state index contributed by atoms with van der Waals surface area (Å²) in [5.41, 5.74) is 0. The molecule has 2 fully saturated rings. The van der Waals surface area contributed by atoms with Crippen LogP contribution in [0.25, 0.3) is 0 Å². The Kier molecular flexibility index (Phi) is 6.14. The zero-order valence-corrected chi connectivity index (χ0v) is 13.2. The average Bonchev–Trinajstić information content (AvgIpc) is 2.90. The lowest BCUT2D eigenvalue weighted by Gasteiger charge is -2.41. The van der Waals surface area contributed by atoms with Crippen molar-refractivity contribution in [3.63, 3.8) is 0 Å². The van der Waals surface area contributed by atoms with Gasteiger partial charge >= 0.3 is 5.97 Å². The van der Waals surface area contributed by atoms with Crippen LogP contribution in [-0.2, 0) is 19.0 Å². The molecule has 1 saturated heterocycles. The molecule has 0 radical (unpaired) electrons. The highest BCUT2D eigenvalue weighted by atomic mass is 32.2. The molecular formula is C14H25NO4S. The fourth-order valence-corrected chi connectivity index (χ4v) is 4.36. The SMILES string of the molecule is CCNC1CCC2(CC1SCCC(=O)OC)OCCO2. The third-order valence-corrected chi connectivity index (χ3v) is 5.31. The number of nitrogens with one attached hydrogen (secondary N) is 1. The van der Waals surface area contributed by atoms with E-state index in [1.807, 2.05) is 11.8 Å². The van der Waals surface area contributed by atoms with Gasteiger partial charge in [0.05, 0.1) is 26.7 Å². The summed E-state index contributed by atoms with van der Waals surface area (Å²) in [4.78, 5) is 11.2. The molecule has 5 nitrogen and oxygen atoms in total. The van der Waals surface area contributed by atoms with Gasteiger partial charge in [-0.2, -0.15) is 11.8 Å². The molecule has 0 aromatic rings. The maximum atomic E-state index is 11.2. The number of thioether (sulfide) groups is 1. The Morgan fingerprint density at radius 3 is 2.85 bits per heavy atom. The summed E-state index contributed by atoms with van der Waals surface area (Å²) in [6.07, 6.45) is 3.38. The van der Waals surface area contributed by atoms with Crippen molar-refractivity contribution in [3.8, 4) is 0 Å². The summed E-state index contributed by atoms with van der Waals surface area (Å²) < 4.78 is 16.4. The Hall–Kier alpha value is -0.300. The number of hydrogen-bond donors (Lipinski definition) is 1. The maximum absolute atomic E-state index is 11.2. The van der Waals surface area contributed by atoms with Crippen LogP contribution in [0, 0.1) is 0 Å². The van der Waals surface area contributed by atoms with Gasteiger partial charge in [-0.3, -0.25) is 4.79 Å². The number of esters is 1. The zero-order valence-electron chi connectivity index (χ0n) is 12.4. The van der Waals surface area contributed by atoms with Crippen LogP contribution in [0.1, 0.15) is 32.6 Å². The van der Waals surface area contributed by atoms with Crippen molar-refractivity contribution in [1.82, 2.24) is 5.32 Å². The van der Waals surface area contributed by atoms with Crippen molar-refractivity contribution in [2.45, 2.75) is 49.7 Å². The minimum Gasteiger partial charge on any atom is -0.469 e. The van der Waals surface area contributed by atoms with E-state index in [2.05, 4.69) is 17.0 Å². The average molecular weight is 303 g/mol. The largest absolute Gasteiger partial charge is 0.469 e. The predicted molar refractivity (Wildman–Crippen MR) is 78.8 cm³/mol. The second-order valence-electron chi connectivity index (χ2n) is 5.25. The number of carbonyl (C=O) groups excluding carboxylic acids is 1. The fourth-order valence-electron chi connectivity index (χ4n) is 2.94. The van der Waals surface area contributed by atoms with E-state index >= 15 is 0 Å². The molecule has 2 rings (SSSR count). The maximum Gasteiger partial charge on any atom is 0.306 e. The second kappa shape index (κ2) is 7.64. The number of carbonyl (C=O) groups is 1. The lowest BCUT2D eigenvalue weighted by molar-refractivity contribution is -0.178. The third kappa shape index (κ3) is 4.10. The standard InChI is InChI=1S/C14H25NO4S/c1-3-15-11-4-6-14(18-7-8-19-14)10-12(11)20-9-5-13(16)17-2/h11-12,15H,3-10H2,1-2H3. The van der Waals surface area contributed by atoms with E-state index < -0.39 is 0 Å². The highest BCUT2D eigenvalue weighted by Crippen LogP contribution is 2.40. The van der Waals surface area contributed by atoms with Gasteiger partial charge < -0.3 is 19.5 Å². The molecule has 2 atom stereocenters. The van der Waals surface area contributed by atoms with Gasteiger partial charge in [-0.1, -0.05) is 6.92 Å². The first-order valence-electron chi connectivity index (χ1n) is 7.39. The molecule has 2 unspecified atom stereocenters. The monoisotopic (exact) mass is 303 g/mol. The van der Waals surface area contributed by atoms with Crippen LogP contribution in [0.5, 0.6) is 0 Å². The van der Waals surface area contributed by atoms with Gasteiger partial charge in [-0.25, -0.2) is 0 Å². The van der Waals surface area contributed by atoms with Crippen molar-refractivity contribution in [2.75, 3.05) is 32.6 Å². The van der Waals surface area contributed by atoms with Crippen LogP contribution in [0.15, 0.2) is 0 Å². The smallest absolute Gasteiger partial charge is 0.306 e. The fraction of sp³-hybridized carbons (Fsp3) is 0.929. The first-order valence-corrected chi connectivity index (χ1v) is 8.44. The molecule has 1 aliphatic carbocycles. The topological polar surface area (TPSA) is 56.8 Å². The van der Waals surface area contributed by atoms with Crippen molar-refractivity contribution < 1.29 is 19.0 Å². The van der Waals surface area contributed by atoms with Crippen LogP contribution in [0.4, 0.5) is 0 Å². The minimum absolute atomic E-state index is 0.142. The van der Waals surface area contributed by atoms with Crippen LogP contribution in [-0.4, -0.2) is 55.7 Å². The summed E-state index contributed by atoms with van der Waals surface area (Å²) in [5.74, 6) is 0.279. The molecule has 1 N–H and O–H groups in total. The first-order chi connectivity index (χ1) is 9.69. The Bertz CT molecular complexity index is 320. The normalized spacial score (nSPS) is 28.7. The van der Waals surface area contributed by atoms with Gasteiger partial charge in [-0.05, 0) is 13.0 Å². The van der Waals surface area contributed by atoms with E-state index in [0.29, 0.717) is 30.9 Å². The molecule has 0 aromatic carbocycles. The van der Waals surface area contributed by atoms with Crippen LogP contribution >= 0.6 is 11.8 Å². The number of methoxy groups -OCH3 is 1. The summed E-state index contributed by atoms with van der Waals surface area (Å²) in [5, 5.41) is 3.97. The molecule has 1 aliphatic heterocycles. The van der Waals surface area contributed by atoms with Gasteiger partial charge in [0.15, 0.2) is 5.79 Å². The minimum atomic E-state index is -0.366. The van der Waals surface area contributed by atoms with E-state index in [0.717, 1.165) is 31.6 Å². The lowest BCUT2D eigenvalue weighted by atomic mass is 9.89. The van der Waals surface area contributed by atoms with Gasteiger partial charge in [0, 0.05) is 29.9 Å². The Balaban J connectivity index is 1.87. The molecule has 0 bridgehead atoms. The first kappa shape index (κ1) is 16.1. The number of ether oxygens (including phenoxy) is 3. The van der Waals surface area contributed by atoms with Crippen molar-refractivity contribution in [1.29, 1.82) is 0 Å². The highest BCUT2D eigenvalue weighted by molar-refractivity contribution is 8.00.